The normalized spacial score (nSPS) is 25.5. The van der Waals surface area contributed by atoms with Gasteiger partial charge in [0.1, 0.15) is 27.7 Å². The Balaban J connectivity index is 1.44. The highest BCUT2D eigenvalue weighted by Gasteiger charge is 2.80. The standard InChI is InChI=1S/C25H23F2N5O5S/c1-30-22(35)18-20(34)19(33)15(21-29-28-17(38-21)8-12-4-5-14(26)9-16(12)27)11-32(18)31(2)25(30)7-6-13-10-24(13,25)23(36)37-3/h4-5,9,11,13,34H,6-8,10H2,1-3H3/t13-,24+,25?/m0/s1. The molecule has 6 rings (SSSR count). The van der Waals surface area contributed by atoms with Gasteiger partial charge in [-0.3, -0.25) is 24.1 Å². The molecule has 1 aliphatic heterocycles. The van der Waals surface area contributed by atoms with Crippen LogP contribution in [0.2, 0.25) is 0 Å². The zero-order chi connectivity index (χ0) is 27.1. The molecule has 13 heteroatoms. The van der Waals surface area contributed by atoms with Gasteiger partial charge in [-0.1, -0.05) is 17.4 Å². The van der Waals surface area contributed by atoms with Gasteiger partial charge < -0.3 is 14.7 Å². The summed E-state index contributed by atoms with van der Waals surface area (Å²) in [5, 5.41) is 21.2. The lowest BCUT2D eigenvalue weighted by molar-refractivity contribution is -0.153. The van der Waals surface area contributed by atoms with Gasteiger partial charge in [0.05, 0.1) is 12.7 Å². The summed E-state index contributed by atoms with van der Waals surface area (Å²) in [7, 11) is 4.59. The van der Waals surface area contributed by atoms with Crippen LogP contribution in [0.4, 0.5) is 8.78 Å². The molecule has 38 heavy (non-hydrogen) atoms. The van der Waals surface area contributed by atoms with Crippen LogP contribution < -0.4 is 10.4 Å². The van der Waals surface area contributed by atoms with Crippen LogP contribution in [0.5, 0.6) is 5.75 Å². The predicted molar refractivity (Wildman–Crippen MR) is 131 cm³/mol. The third-order valence-corrected chi connectivity index (χ3v) is 9.31. The second kappa shape index (κ2) is 8.06. The zero-order valence-electron chi connectivity index (χ0n) is 20.7. The van der Waals surface area contributed by atoms with Crippen molar-refractivity contribution in [3.05, 3.63) is 62.5 Å². The maximum atomic E-state index is 14.1. The number of esters is 1. The molecule has 0 bridgehead atoms. The summed E-state index contributed by atoms with van der Waals surface area (Å²) in [6.07, 6.45) is 3.21. The van der Waals surface area contributed by atoms with E-state index in [9.17, 15) is 28.3 Å². The van der Waals surface area contributed by atoms with E-state index in [1.165, 1.54) is 28.9 Å². The molecule has 2 saturated carbocycles. The fraction of sp³-hybridized carbons (Fsp3) is 0.400. The summed E-state index contributed by atoms with van der Waals surface area (Å²) >= 11 is 1.02. The quantitative estimate of drug-likeness (QED) is 0.498. The lowest BCUT2D eigenvalue weighted by atomic mass is 9.86. The van der Waals surface area contributed by atoms with Crippen molar-refractivity contribution in [3.63, 3.8) is 0 Å². The van der Waals surface area contributed by atoms with Crippen LogP contribution in [-0.4, -0.2) is 63.6 Å². The van der Waals surface area contributed by atoms with E-state index in [0.717, 1.165) is 23.5 Å². The van der Waals surface area contributed by atoms with Crippen LogP contribution in [0.25, 0.3) is 10.6 Å². The minimum absolute atomic E-state index is 0.00797. The molecule has 198 valence electrons. The Bertz CT molecular complexity index is 1590. The number of aromatic nitrogens is 3. The van der Waals surface area contributed by atoms with Gasteiger partial charge in [-0.05, 0) is 36.8 Å². The van der Waals surface area contributed by atoms with Gasteiger partial charge in [-0.2, -0.15) is 0 Å². The number of carbonyl (C=O) groups excluding carboxylic acids is 2. The van der Waals surface area contributed by atoms with Gasteiger partial charge in [0.15, 0.2) is 16.5 Å². The first kappa shape index (κ1) is 24.5. The number of pyridine rings is 1. The molecule has 3 aromatic rings. The molecule has 1 aromatic carbocycles. The predicted octanol–water partition coefficient (Wildman–Crippen LogP) is 2.26. The fourth-order valence-electron chi connectivity index (χ4n) is 6.44. The second-order valence-corrected chi connectivity index (χ2v) is 11.0. The third kappa shape index (κ3) is 2.99. The maximum Gasteiger partial charge on any atom is 0.316 e. The van der Waals surface area contributed by atoms with Crippen LogP contribution >= 0.6 is 11.3 Å². The van der Waals surface area contributed by atoms with Crippen LogP contribution in [0.1, 0.15) is 40.3 Å². The van der Waals surface area contributed by atoms with E-state index in [2.05, 4.69) is 10.2 Å². The van der Waals surface area contributed by atoms with E-state index in [1.54, 1.807) is 19.1 Å². The van der Waals surface area contributed by atoms with Gasteiger partial charge >= 0.3 is 5.97 Å². The second-order valence-electron chi connectivity index (χ2n) is 9.93. The van der Waals surface area contributed by atoms with Crippen LogP contribution in [0.15, 0.2) is 29.2 Å². The smallest absolute Gasteiger partial charge is 0.316 e. The minimum atomic E-state index is -1.06. The molecule has 1 amide bonds. The number of carbonyl (C=O) groups is 2. The molecule has 3 aliphatic rings. The number of amides is 1. The molecule has 10 nitrogen and oxygen atoms in total. The molecule has 1 spiro atoms. The Kier molecular flexibility index (Phi) is 5.19. The molecule has 2 fully saturated rings. The van der Waals surface area contributed by atoms with Crippen LogP contribution in [0, 0.1) is 23.0 Å². The van der Waals surface area contributed by atoms with Crippen molar-refractivity contribution in [1.29, 1.82) is 0 Å². The number of ether oxygens (including phenoxy) is 1. The van der Waals surface area contributed by atoms with E-state index in [1.807, 2.05) is 0 Å². The number of nitrogens with zero attached hydrogens (tertiary/aromatic N) is 5. The summed E-state index contributed by atoms with van der Waals surface area (Å²) in [6.45, 7) is 0. The number of methoxy groups -OCH3 is 1. The summed E-state index contributed by atoms with van der Waals surface area (Å²) in [4.78, 5) is 41.2. The third-order valence-electron chi connectivity index (χ3n) is 8.35. The highest BCUT2D eigenvalue weighted by Crippen LogP contribution is 2.71. The highest BCUT2D eigenvalue weighted by atomic mass is 32.1. The van der Waals surface area contributed by atoms with Crippen LogP contribution in [-0.2, 0) is 16.0 Å². The number of rotatable bonds is 4. The first-order chi connectivity index (χ1) is 18.1. The number of aromatic hydroxyl groups is 1. The average molecular weight is 544 g/mol. The zero-order valence-corrected chi connectivity index (χ0v) is 21.5. The lowest BCUT2D eigenvalue weighted by Gasteiger charge is -2.55. The molecular formula is C25H23F2N5O5S. The summed E-state index contributed by atoms with van der Waals surface area (Å²) in [5.41, 5.74) is -2.81. The van der Waals surface area contributed by atoms with E-state index in [0.29, 0.717) is 24.3 Å². The largest absolute Gasteiger partial charge is 0.502 e. The van der Waals surface area contributed by atoms with E-state index >= 15 is 0 Å². The maximum absolute atomic E-state index is 14.1. The van der Waals surface area contributed by atoms with Gasteiger partial charge in [0.2, 0.25) is 5.43 Å². The van der Waals surface area contributed by atoms with Crippen molar-refractivity contribution in [2.75, 3.05) is 26.2 Å². The fourth-order valence-corrected chi connectivity index (χ4v) is 7.31. The first-order valence-electron chi connectivity index (χ1n) is 11.9. The van der Waals surface area contributed by atoms with E-state index < -0.39 is 45.8 Å². The number of hydrogen-bond acceptors (Lipinski definition) is 9. The Morgan fingerprint density at radius 3 is 2.71 bits per heavy atom. The molecule has 1 unspecified atom stereocenters. The van der Waals surface area contributed by atoms with Crippen molar-refractivity contribution >= 4 is 23.2 Å². The Hall–Kier alpha value is -3.87. The molecule has 1 N–H and O–H groups in total. The topological polar surface area (TPSA) is 118 Å². The van der Waals surface area contributed by atoms with Crippen molar-refractivity contribution in [2.24, 2.45) is 11.3 Å². The first-order valence-corrected chi connectivity index (χ1v) is 12.7. The van der Waals surface area contributed by atoms with Crippen molar-refractivity contribution in [3.8, 4) is 16.3 Å². The molecule has 0 saturated heterocycles. The monoisotopic (exact) mass is 543 g/mol. The molecule has 2 aromatic heterocycles. The lowest BCUT2D eigenvalue weighted by Crippen LogP contribution is -2.72. The summed E-state index contributed by atoms with van der Waals surface area (Å²) in [6, 6.07) is 3.23. The van der Waals surface area contributed by atoms with Gasteiger partial charge in [0, 0.05) is 32.8 Å². The van der Waals surface area contributed by atoms with E-state index in [4.69, 9.17) is 4.74 Å². The number of hydrogen-bond donors (Lipinski definition) is 1. The van der Waals surface area contributed by atoms with Gasteiger partial charge in [-0.25, -0.2) is 8.78 Å². The molecule has 3 atom stereocenters. The van der Waals surface area contributed by atoms with Crippen molar-refractivity contribution in [1.82, 2.24) is 19.8 Å². The molecule has 0 radical (unpaired) electrons. The van der Waals surface area contributed by atoms with Crippen molar-refractivity contribution < 1.29 is 28.2 Å². The molecular weight excluding hydrogens is 520 g/mol. The molecule has 3 heterocycles. The highest BCUT2D eigenvalue weighted by molar-refractivity contribution is 7.14. The molecule has 2 aliphatic carbocycles. The Labute approximate surface area is 219 Å². The van der Waals surface area contributed by atoms with Gasteiger partial charge in [0.25, 0.3) is 5.91 Å². The number of benzene rings is 1. The average Bonchev–Trinajstić information content (AvgIpc) is 3.29. The summed E-state index contributed by atoms with van der Waals surface area (Å²) in [5.74, 6) is -3.11. The Morgan fingerprint density at radius 2 is 2.03 bits per heavy atom. The van der Waals surface area contributed by atoms with Crippen molar-refractivity contribution in [2.45, 2.75) is 31.3 Å². The van der Waals surface area contributed by atoms with E-state index in [-0.39, 0.29) is 34.2 Å². The minimum Gasteiger partial charge on any atom is -0.502 e. The SMILES string of the molecule is COC(=O)[C@@]12C[C@@H]1CCC21N(C)C(=O)c2c(O)c(=O)c(-c3nnc(Cc4ccc(F)cc4F)s3)cn2N1C. The number of halogens is 2. The van der Waals surface area contributed by atoms with Crippen LogP contribution in [0.3, 0.4) is 0 Å². The number of fused-ring (bicyclic) bond motifs is 3. The Morgan fingerprint density at radius 1 is 1.26 bits per heavy atom. The summed E-state index contributed by atoms with van der Waals surface area (Å²) < 4.78 is 33.9. The van der Waals surface area contributed by atoms with Gasteiger partial charge in [-0.15, -0.1) is 10.2 Å².